The van der Waals surface area contributed by atoms with Gasteiger partial charge < -0.3 is 9.64 Å². The molecular weight excluding hydrogens is 524 g/mol. The molecule has 2 aliphatic rings. The maximum atomic E-state index is 13.6. The molecule has 5 rings (SSSR count). The molecule has 0 N–H and O–H groups in total. The number of benzene rings is 2. The maximum absolute atomic E-state index is 13.6. The van der Waals surface area contributed by atoms with Crippen LogP contribution in [-0.2, 0) is 15.8 Å². The molecule has 0 spiro atoms. The van der Waals surface area contributed by atoms with Crippen LogP contribution < -0.4 is 15.2 Å². The second-order valence-electron chi connectivity index (χ2n) is 10.00. The van der Waals surface area contributed by atoms with Crippen molar-refractivity contribution >= 4 is 27.3 Å². The fraction of sp³-hybridized carbons (Fsp3) is 0.429. The van der Waals surface area contributed by atoms with Gasteiger partial charge in [0, 0.05) is 31.2 Å². The van der Waals surface area contributed by atoms with Crippen LogP contribution in [0.15, 0.2) is 65.6 Å². The summed E-state index contributed by atoms with van der Waals surface area (Å²) in [6.45, 7) is 2.02. The molecule has 8 nitrogen and oxygen atoms in total. The number of ether oxygens (including phenoxy) is 1. The molecule has 3 aromatic rings. The predicted molar refractivity (Wildman–Crippen MR) is 150 cm³/mol. The van der Waals surface area contributed by atoms with Crippen LogP contribution in [0.2, 0.25) is 5.02 Å². The third kappa shape index (κ3) is 6.22. The summed E-state index contributed by atoms with van der Waals surface area (Å²) in [4.78, 5) is 15.6. The van der Waals surface area contributed by atoms with E-state index in [2.05, 4.69) is 5.10 Å². The van der Waals surface area contributed by atoms with Gasteiger partial charge in [-0.25, -0.2) is 8.42 Å². The van der Waals surface area contributed by atoms with Gasteiger partial charge in [-0.1, -0.05) is 67.3 Å². The number of hydrogen-bond acceptors (Lipinski definition) is 6. The van der Waals surface area contributed by atoms with Gasteiger partial charge in [0.15, 0.2) is 0 Å². The first kappa shape index (κ1) is 26.7. The first-order chi connectivity index (χ1) is 18.4. The van der Waals surface area contributed by atoms with Crippen molar-refractivity contribution < 1.29 is 13.2 Å². The fourth-order valence-corrected chi connectivity index (χ4v) is 6.92. The summed E-state index contributed by atoms with van der Waals surface area (Å²) in [5.41, 5.74) is 1.58. The standard InChI is InChI=1S/C28H33ClN4O4S/c29-24-12-7-13-25(18-24)33-28(34)27(37-20-22-8-3-1-4-9-22)26(19-30-33)31-14-16-32(17-15-31)38(35,36)21-23-10-5-2-6-11-23/h2,5-7,10-13,18-19,22H,1,3-4,8-9,14-17,20-21H2. The fourth-order valence-electron chi connectivity index (χ4n) is 5.22. The smallest absolute Gasteiger partial charge is 0.316 e. The van der Waals surface area contributed by atoms with Crippen LogP contribution in [-0.4, -0.2) is 55.3 Å². The van der Waals surface area contributed by atoms with Crippen molar-refractivity contribution in [3.05, 3.63) is 81.7 Å². The van der Waals surface area contributed by atoms with Crippen molar-refractivity contribution in [3.63, 3.8) is 0 Å². The van der Waals surface area contributed by atoms with Crippen LogP contribution >= 0.6 is 11.6 Å². The first-order valence-electron chi connectivity index (χ1n) is 13.2. The predicted octanol–water partition coefficient (Wildman–Crippen LogP) is 4.50. The van der Waals surface area contributed by atoms with Crippen molar-refractivity contribution in [2.45, 2.75) is 37.9 Å². The second-order valence-corrected chi connectivity index (χ2v) is 12.4. The number of piperazine rings is 1. The highest BCUT2D eigenvalue weighted by Gasteiger charge is 2.30. The van der Waals surface area contributed by atoms with Crippen LogP contribution in [0.1, 0.15) is 37.7 Å². The van der Waals surface area contributed by atoms with Gasteiger partial charge in [-0.15, -0.1) is 0 Å². The molecule has 10 heteroatoms. The molecule has 1 saturated carbocycles. The largest absolute Gasteiger partial charge is 0.486 e. The van der Waals surface area contributed by atoms with E-state index in [1.54, 1.807) is 30.5 Å². The molecule has 202 valence electrons. The molecular formula is C28H33ClN4O4S. The minimum atomic E-state index is -3.45. The van der Waals surface area contributed by atoms with E-state index in [9.17, 15) is 13.2 Å². The molecule has 1 saturated heterocycles. The minimum absolute atomic E-state index is 0.0270. The average molecular weight is 557 g/mol. The summed E-state index contributed by atoms with van der Waals surface area (Å²) in [6, 6.07) is 16.2. The number of anilines is 1. The molecule has 1 aliphatic carbocycles. The van der Waals surface area contributed by atoms with E-state index in [1.165, 1.54) is 28.2 Å². The normalized spacial score (nSPS) is 17.4. The van der Waals surface area contributed by atoms with Gasteiger partial charge >= 0.3 is 5.56 Å². The number of sulfonamides is 1. The zero-order chi connectivity index (χ0) is 26.5. The van der Waals surface area contributed by atoms with Crippen LogP contribution in [0.5, 0.6) is 5.75 Å². The molecule has 0 unspecified atom stereocenters. The lowest BCUT2D eigenvalue weighted by Crippen LogP contribution is -2.49. The van der Waals surface area contributed by atoms with Crippen LogP contribution in [0.4, 0.5) is 5.69 Å². The Morgan fingerprint density at radius 3 is 2.39 bits per heavy atom. The number of aromatic nitrogens is 2. The van der Waals surface area contributed by atoms with E-state index in [0.717, 1.165) is 18.4 Å². The average Bonchev–Trinajstić information content (AvgIpc) is 2.93. The van der Waals surface area contributed by atoms with Crippen molar-refractivity contribution in [2.24, 2.45) is 5.92 Å². The number of hydrogen-bond donors (Lipinski definition) is 0. The lowest BCUT2D eigenvalue weighted by molar-refractivity contribution is 0.206. The number of halogens is 1. The van der Waals surface area contributed by atoms with E-state index in [1.807, 2.05) is 35.2 Å². The summed E-state index contributed by atoms with van der Waals surface area (Å²) >= 11 is 6.17. The third-order valence-corrected chi connectivity index (χ3v) is 9.41. The van der Waals surface area contributed by atoms with Crippen molar-refractivity contribution in [2.75, 3.05) is 37.7 Å². The Morgan fingerprint density at radius 1 is 0.947 bits per heavy atom. The Kier molecular flexibility index (Phi) is 8.35. The van der Waals surface area contributed by atoms with Crippen LogP contribution in [0, 0.1) is 5.92 Å². The highest BCUT2D eigenvalue weighted by molar-refractivity contribution is 7.88. The Labute approximate surface area is 228 Å². The molecule has 1 aromatic heterocycles. The van der Waals surface area contributed by atoms with Gasteiger partial charge in [-0.05, 0) is 42.5 Å². The van der Waals surface area contributed by atoms with E-state index in [-0.39, 0.29) is 17.1 Å². The lowest BCUT2D eigenvalue weighted by Gasteiger charge is -2.36. The molecule has 2 heterocycles. The van der Waals surface area contributed by atoms with Crippen LogP contribution in [0.25, 0.3) is 5.69 Å². The molecule has 38 heavy (non-hydrogen) atoms. The highest BCUT2D eigenvalue weighted by Crippen LogP contribution is 2.29. The molecule has 2 fully saturated rings. The molecule has 0 bridgehead atoms. The van der Waals surface area contributed by atoms with Gasteiger partial charge in [-0.2, -0.15) is 14.1 Å². The van der Waals surface area contributed by atoms with E-state index >= 15 is 0 Å². The monoisotopic (exact) mass is 556 g/mol. The Bertz CT molecular complexity index is 1400. The summed E-state index contributed by atoms with van der Waals surface area (Å²) in [5, 5.41) is 4.95. The van der Waals surface area contributed by atoms with E-state index in [4.69, 9.17) is 16.3 Å². The summed E-state index contributed by atoms with van der Waals surface area (Å²) < 4.78 is 35.1. The minimum Gasteiger partial charge on any atom is -0.486 e. The number of nitrogens with zero attached hydrogens (tertiary/aromatic N) is 4. The van der Waals surface area contributed by atoms with Gasteiger partial charge in [0.25, 0.3) is 0 Å². The zero-order valence-electron chi connectivity index (χ0n) is 21.3. The molecule has 0 radical (unpaired) electrons. The van der Waals surface area contributed by atoms with Crippen LogP contribution in [0.3, 0.4) is 0 Å². The van der Waals surface area contributed by atoms with Crippen molar-refractivity contribution in [1.29, 1.82) is 0 Å². The lowest BCUT2D eigenvalue weighted by atomic mass is 9.90. The molecule has 1 aliphatic heterocycles. The van der Waals surface area contributed by atoms with E-state index in [0.29, 0.717) is 55.1 Å². The topological polar surface area (TPSA) is 84.7 Å². The van der Waals surface area contributed by atoms with E-state index < -0.39 is 10.0 Å². The van der Waals surface area contributed by atoms with Crippen molar-refractivity contribution in [3.8, 4) is 11.4 Å². The van der Waals surface area contributed by atoms with Gasteiger partial charge in [-0.3, -0.25) is 4.79 Å². The molecule has 0 atom stereocenters. The quantitative estimate of drug-likeness (QED) is 0.406. The molecule has 0 amide bonds. The Morgan fingerprint density at radius 2 is 1.68 bits per heavy atom. The SMILES string of the molecule is O=c1c(OCC2CCCCC2)c(N2CCN(S(=O)(=O)Cc3ccccc3)CC2)cnn1-c1cccc(Cl)c1. The summed E-state index contributed by atoms with van der Waals surface area (Å²) in [6.07, 6.45) is 7.46. The van der Waals surface area contributed by atoms with Gasteiger partial charge in [0.1, 0.15) is 5.69 Å². The van der Waals surface area contributed by atoms with Gasteiger partial charge in [0.05, 0.1) is 24.2 Å². The number of rotatable bonds is 8. The maximum Gasteiger partial charge on any atom is 0.316 e. The Hall–Kier alpha value is -2.88. The van der Waals surface area contributed by atoms with Gasteiger partial charge in [0.2, 0.25) is 15.8 Å². The molecule has 2 aromatic carbocycles. The highest BCUT2D eigenvalue weighted by atomic mass is 35.5. The summed E-state index contributed by atoms with van der Waals surface area (Å²) in [5.74, 6) is 0.649. The Balaban J connectivity index is 1.37. The zero-order valence-corrected chi connectivity index (χ0v) is 22.9. The van der Waals surface area contributed by atoms with Crippen molar-refractivity contribution in [1.82, 2.24) is 14.1 Å². The third-order valence-electron chi connectivity index (χ3n) is 7.32. The second kappa shape index (κ2) is 11.9. The summed E-state index contributed by atoms with van der Waals surface area (Å²) in [7, 11) is -3.45. The first-order valence-corrected chi connectivity index (χ1v) is 15.2.